The van der Waals surface area contributed by atoms with E-state index in [1.165, 1.54) is 36.4 Å². The van der Waals surface area contributed by atoms with Gasteiger partial charge in [0.05, 0.1) is 6.54 Å². The van der Waals surface area contributed by atoms with E-state index in [1.54, 1.807) is 17.0 Å². The van der Waals surface area contributed by atoms with E-state index in [9.17, 15) is 18.4 Å². The first kappa shape index (κ1) is 19.1. The molecule has 0 spiro atoms. The summed E-state index contributed by atoms with van der Waals surface area (Å²) in [5.41, 5.74) is 1.48. The molecule has 6 nitrogen and oxygen atoms in total. The molecule has 1 aromatic heterocycles. The highest BCUT2D eigenvalue weighted by Gasteiger charge is 2.24. The number of anilines is 1. The van der Waals surface area contributed by atoms with Crippen LogP contribution < -0.4 is 5.32 Å². The highest BCUT2D eigenvalue weighted by Crippen LogP contribution is 2.20. The van der Waals surface area contributed by atoms with Crippen molar-refractivity contribution in [3.8, 4) is 0 Å². The molecule has 2 N–H and O–H groups in total. The predicted octanol–water partition coefficient (Wildman–Crippen LogP) is 2.84. The van der Waals surface area contributed by atoms with Gasteiger partial charge in [0.2, 0.25) is 5.91 Å². The van der Waals surface area contributed by atoms with Gasteiger partial charge in [-0.25, -0.2) is 8.78 Å². The van der Waals surface area contributed by atoms with Gasteiger partial charge in [-0.1, -0.05) is 6.07 Å². The van der Waals surface area contributed by atoms with Gasteiger partial charge in [-0.3, -0.25) is 14.5 Å². The quantitative estimate of drug-likeness (QED) is 0.710. The molecule has 8 heteroatoms. The maximum atomic E-state index is 13.8. The molecule has 1 saturated heterocycles. The highest BCUT2D eigenvalue weighted by molar-refractivity contribution is 5.98. The van der Waals surface area contributed by atoms with E-state index in [0.717, 1.165) is 0 Å². The number of fused-ring (bicyclic) bond motifs is 1. The van der Waals surface area contributed by atoms with E-state index >= 15 is 0 Å². The minimum atomic E-state index is -0.366. The van der Waals surface area contributed by atoms with Crippen molar-refractivity contribution in [2.24, 2.45) is 0 Å². The minimum Gasteiger partial charge on any atom is -0.350 e. The van der Waals surface area contributed by atoms with Crippen LogP contribution in [0.2, 0.25) is 0 Å². The van der Waals surface area contributed by atoms with Gasteiger partial charge < -0.3 is 15.2 Å². The van der Waals surface area contributed by atoms with Crippen LogP contribution in [0.25, 0.3) is 10.9 Å². The number of hydrogen-bond donors (Lipinski definition) is 2. The van der Waals surface area contributed by atoms with Crippen LogP contribution in [-0.4, -0.2) is 59.3 Å². The molecular formula is C21H20F2N4O2. The molecule has 1 aliphatic rings. The molecule has 1 fully saturated rings. The summed E-state index contributed by atoms with van der Waals surface area (Å²) in [6.07, 6.45) is 0. The Kier molecular flexibility index (Phi) is 5.26. The van der Waals surface area contributed by atoms with Gasteiger partial charge in [-0.05, 0) is 42.5 Å². The maximum Gasteiger partial charge on any atom is 0.270 e. The van der Waals surface area contributed by atoms with Crippen molar-refractivity contribution in [2.75, 3.05) is 38.0 Å². The van der Waals surface area contributed by atoms with Gasteiger partial charge >= 0.3 is 0 Å². The zero-order valence-electron chi connectivity index (χ0n) is 15.6. The first-order chi connectivity index (χ1) is 14.0. The number of piperazine rings is 1. The van der Waals surface area contributed by atoms with E-state index in [0.29, 0.717) is 48.5 Å². The van der Waals surface area contributed by atoms with Crippen molar-refractivity contribution in [1.82, 2.24) is 14.8 Å². The summed E-state index contributed by atoms with van der Waals surface area (Å²) in [5, 5.41) is 3.12. The predicted molar refractivity (Wildman–Crippen MR) is 106 cm³/mol. The van der Waals surface area contributed by atoms with Gasteiger partial charge in [0.25, 0.3) is 5.91 Å². The topological polar surface area (TPSA) is 68.4 Å². The Morgan fingerprint density at radius 2 is 1.72 bits per heavy atom. The molecule has 3 aromatic rings. The largest absolute Gasteiger partial charge is 0.350 e. The average Bonchev–Trinajstić information content (AvgIpc) is 3.15. The SMILES string of the molecule is O=C(CN1CCN(C(=O)c2cc3c(F)cccc3[nH]2)CC1)Nc1ccc(F)cc1. The molecule has 4 rings (SSSR count). The number of halogens is 2. The summed E-state index contributed by atoms with van der Waals surface area (Å²) in [6, 6.07) is 11.8. The van der Waals surface area contributed by atoms with Crippen LogP contribution in [0, 0.1) is 11.6 Å². The van der Waals surface area contributed by atoms with Crippen molar-refractivity contribution in [1.29, 1.82) is 0 Å². The second-order valence-electron chi connectivity index (χ2n) is 7.01. The van der Waals surface area contributed by atoms with Crippen molar-refractivity contribution in [2.45, 2.75) is 0 Å². The second kappa shape index (κ2) is 8.00. The molecule has 0 aliphatic carbocycles. The summed E-state index contributed by atoms with van der Waals surface area (Å²) >= 11 is 0. The summed E-state index contributed by atoms with van der Waals surface area (Å²) < 4.78 is 26.8. The summed E-state index contributed by atoms with van der Waals surface area (Å²) in [5.74, 6) is -1.10. The van der Waals surface area contributed by atoms with E-state index in [2.05, 4.69) is 10.3 Å². The third kappa shape index (κ3) is 4.27. The second-order valence-corrected chi connectivity index (χ2v) is 7.01. The number of carbonyl (C=O) groups is 2. The Balaban J connectivity index is 1.31. The highest BCUT2D eigenvalue weighted by atomic mass is 19.1. The molecule has 0 saturated carbocycles. The third-order valence-corrected chi connectivity index (χ3v) is 5.00. The summed E-state index contributed by atoms with van der Waals surface area (Å²) in [6.45, 7) is 2.24. The first-order valence-corrected chi connectivity index (χ1v) is 9.34. The zero-order chi connectivity index (χ0) is 20.4. The Morgan fingerprint density at radius 3 is 2.41 bits per heavy atom. The van der Waals surface area contributed by atoms with Crippen molar-refractivity contribution in [3.63, 3.8) is 0 Å². The van der Waals surface area contributed by atoms with E-state index < -0.39 is 0 Å². The molecule has 0 radical (unpaired) electrons. The average molecular weight is 398 g/mol. The molecule has 29 heavy (non-hydrogen) atoms. The van der Waals surface area contributed by atoms with E-state index in [-0.39, 0.29) is 30.0 Å². The number of aromatic nitrogens is 1. The Labute approximate surface area is 166 Å². The van der Waals surface area contributed by atoms with Crippen molar-refractivity contribution < 1.29 is 18.4 Å². The lowest BCUT2D eigenvalue weighted by Crippen LogP contribution is -2.50. The zero-order valence-corrected chi connectivity index (χ0v) is 15.6. The number of nitrogens with one attached hydrogen (secondary N) is 2. The molecule has 0 unspecified atom stereocenters. The molecule has 2 aromatic carbocycles. The lowest BCUT2D eigenvalue weighted by Gasteiger charge is -2.34. The van der Waals surface area contributed by atoms with Gasteiger partial charge in [-0.15, -0.1) is 0 Å². The minimum absolute atomic E-state index is 0.184. The van der Waals surface area contributed by atoms with Crippen LogP contribution in [0.1, 0.15) is 10.5 Å². The lowest BCUT2D eigenvalue weighted by atomic mass is 10.2. The number of carbonyl (C=O) groups excluding carboxylic acids is 2. The molecule has 150 valence electrons. The number of H-pyrrole nitrogens is 1. The maximum absolute atomic E-state index is 13.8. The van der Waals surface area contributed by atoms with E-state index in [1.807, 2.05) is 4.90 Å². The molecule has 1 aliphatic heterocycles. The Hall–Kier alpha value is -3.26. The van der Waals surface area contributed by atoms with Crippen LogP contribution in [0.4, 0.5) is 14.5 Å². The fourth-order valence-corrected chi connectivity index (χ4v) is 3.45. The fourth-order valence-electron chi connectivity index (χ4n) is 3.45. The van der Waals surface area contributed by atoms with Crippen LogP contribution in [0.15, 0.2) is 48.5 Å². The third-order valence-electron chi connectivity index (χ3n) is 5.00. The van der Waals surface area contributed by atoms with Crippen LogP contribution in [0.3, 0.4) is 0 Å². The normalized spacial score (nSPS) is 14.9. The fraction of sp³-hybridized carbons (Fsp3) is 0.238. The van der Waals surface area contributed by atoms with Gasteiger partial charge in [-0.2, -0.15) is 0 Å². The summed E-state index contributed by atoms with van der Waals surface area (Å²) in [7, 11) is 0. The molecular weight excluding hydrogens is 378 g/mol. The number of nitrogens with zero attached hydrogens (tertiary/aromatic N) is 2. The molecule has 0 bridgehead atoms. The number of benzene rings is 2. The van der Waals surface area contributed by atoms with Crippen LogP contribution in [-0.2, 0) is 4.79 Å². The van der Waals surface area contributed by atoms with Crippen molar-refractivity contribution in [3.05, 3.63) is 65.9 Å². The first-order valence-electron chi connectivity index (χ1n) is 9.34. The Bertz CT molecular complexity index is 1040. The standard InChI is InChI=1S/C21H20F2N4O2/c22-14-4-6-15(7-5-14)24-20(28)13-26-8-10-27(11-9-26)21(29)19-12-16-17(23)2-1-3-18(16)25-19/h1-7,12,25H,8-11,13H2,(H,24,28). The van der Waals surface area contributed by atoms with Gasteiger partial charge in [0, 0.05) is 42.8 Å². The number of amides is 2. The number of aromatic amines is 1. The molecule has 2 heterocycles. The van der Waals surface area contributed by atoms with Gasteiger partial charge in [0.1, 0.15) is 17.3 Å². The van der Waals surface area contributed by atoms with E-state index in [4.69, 9.17) is 0 Å². The van der Waals surface area contributed by atoms with Crippen LogP contribution >= 0.6 is 0 Å². The number of rotatable bonds is 4. The Morgan fingerprint density at radius 1 is 1.00 bits per heavy atom. The molecule has 2 amide bonds. The lowest BCUT2D eigenvalue weighted by molar-refractivity contribution is -0.117. The summed E-state index contributed by atoms with van der Waals surface area (Å²) in [4.78, 5) is 31.5. The number of hydrogen-bond acceptors (Lipinski definition) is 3. The smallest absolute Gasteiger partial charge is 0.270 e. The van der Waals surface area contributed by atoms with Crippen LogP contribution in [0.5, 0.6) is 0 Å². The van der Waals surface area contributed by atoms with Crippen molar-refractivity contribution >= 4 is 28.4 Å². The molecule has 0 atom stereocenters. The van der Waals surface area contributed by atoms with Gasteiger partial charge in [0.15, 0.2) is 0 Å². The monoisotopic (exact) mass is 398 g/mol.